The Bertz CT molecular complexity index is 438. The molecule has 1 unspecified atom stereocenters. The van der Waals surface area contributed by atoms with Crippen molar-refractivity contribution in [3.05, 3.63) is 15.8 Å². The molecule has 0 spiro atoms. The van der Waals surface area contributed by atoms with Crippen molar-refractivity contribution < 1.29 is 9.66 Å². The lowest BCUT2D eigenvalue weighted by Gasteiger charge is -2.10. The van der Waals surface area contributed by atoms with E-state index in [-0.39, 0.29) is 11.8 Å². The van der Waals surface area contributed by atoms with Gasteiger partial charge in [-0.3, -0.25) is 10.1 Å². The standard InChI is InChI=1S/C11H18N4O3/c1-8-10(15(16)17)11(14(2)13-8)12-6-5-9-4-3-7-18-9/h9,12H,3-7H2,1-2H3. The van der Waals surface area contributed by atoms with Gasteiger partial charge in [0.05, 0.1) is 11.0 Å². The molecule has 1 aromatic rings. The highest BCUT2D eigenvalue weighted by Gasteiger charge is 2.24. The first kappa shape index (κ1) is 12.8. The quantitative estimate of drug-likeness (QED) is 0.637. The van der Waals surface area contributed by atoms with Crippen molar-refractivity contribution in [1.82, 2.24) is 9.78 Å². The number of nitrogens with one attached hydrogen (secondary N) is 1. The summed E-state index contributed by atoms with van der Waals surface area (Å²) in [6.45, 7) is 3.13. The lowest BCUT2D eigenvalue weighted by atomic mass is 10.2. The van der Waals surface area contributed by atoms with Crippen LogP contribution in [0.15, 0.2) is 0 Å². The minimum Gasteiger partial charge on any atom is -0.378 e. The molecule has 1 aromatic heterocycles. The third kappa shape index (κ3) is 2.61. The smallest absolute Gasteiger partial charge is 0.333 e. The number of ether oxygens (including phenoxy) is 1. The molecular weight excluding hydrogens is 236 g/mol. The molecule has 0 radical (unpaired) electrons. The van der Waals surface area contributed by atoms with Crippen LogP contribution in [0.4, 0.5) is 11.5 Å². The van der Waals surface area contributed by atoms with Crippen LogP contribution in [0.5, 0.6) is 0 Å². The molecule has 1 aliphatic heterocycles. The van der Waals surface area contributed by atoms with Gasteiger partial charge in [0.2, 0.25) is 5.82 Å². The van der Waals surface area contributed by atoms with Gasteiger partial charge in [0.15, 0.2) is 0 Å². The number of aryl methyl sites for hydroxylation is 2. The third-order valence-electron chi connectivity index (χ3n) is 3.16. The van der Waals surface area contributed by atoms with Crippen LogP contribution in [0.25, 0.3) is 0 Å². The highest BCUT2D eigenvalue weighted by Crippen LogP contribution is 2.27. The van der Waals surface area contributed by atoms with Crippen molar-refractivity contribution in [2.45, 2.75) is 32.3 Å². The molecule has 1 N–H and O–H groups in total. The summed E-state index contributed by atoms with van der Waals surface area (Å²) in [7, 11) is 1.70. The van der Waals surface area contributed by atoms with Gasteiger partial charge in [0.1, 0.15) is 5.69 Å². The Morgan fingerprint density at radius 2 is 2.44 bits per heavy atom. The number of aromatic nitrogens is 2. The van der Waals surface area contributed by atoms with E-state index < -0.39 is 4.92 Å². The first-order valence-electron chi connectivity index (χ1n) is 6.13. The van der Waals surface area contributed by atoms with Gasteiger partial charge in [-0.25, -0.2) is 4.68 Å². The van der Waals surface area contributed by atoms with Crippen LogP contribution >= 0.6 is 0 Å². The molecule has 18 heavy (non-hydrogen) atoms. The number of hydrogen-bond acceptors (Lipinski definition) is 5. The Hall–Kier alpha value is -1.63. The molecule has 1 fully saturated rings. The Kier molecular flexibility index (Phi) is 3.81. The van der Waals surface area contributed by atoms with Gasteiger partial charge in [-0.05, 0) is 26.2 Å². The average Bonchev–Trinajstić information content (AvgIpc) is 2.87. The van der Waals surface area contributed by atoms with Gasteiger partial charge in [-0.1, -0.05) is 0 Å². The van der Waals surface area contributed by atoms with E-state index in [1.165, 1.54) is 4.68 Å². The molecule has 7 nitrogen and oxygen atoms in total. The molecule has 0 aliphatic carbocycles. The van der Waals surface area contributed by atoms with Crippen molar-refractivity contribution in [2.24, 2.45) is 7.05 Å². The fourth-order valence-corrected chi connectivity index (χ4v) is 2.29. The lowest BCUT2D eigenvalue weighted by molar-refractivity contribution is -0.384. The molecule has 1 saturated heterocycles. The molecule has 0 bridgehead atoms. The first-order valence-corrected chi connectivity index (χ1v) is 6.13. The summed E-state index contributed by atoms with van der Waals surface area (Å²) in [5, 5.41) is 18.1. The predicted molar refractivity (Wildman–Crippen MR) is 66.7 cm³/mol. The summed E-state index contributed by atoms with van der Waals surface area (Å²) in [6.07, 6.45) is 3.33. The minimum absolute atomic E-state index is 0.0600. The zero-order valence-corrected chi connectivity index (χ0v) is 10.7. The van der Waals surface area contributed by atoms with Crippen LogP contribution in [-0.4, -0.2) is 34.0 Å². The van der Waals surface area contributed by atoms with E-state index in [2.05, 4.69) is 10.4 Å². The maximum atomic E-state index is 11.0. The summed E-state index contributed by atoms with van der Waals surface area (Å²) < 4.78 is 7.02. The fourth-order valence-electron chi connectivity index (χ4n) is 2.29. The second-order valence-corrected chi connectivity index (χ2v) is 4.51. The minimum atomic E-state index is -0.392. The molecular formula is C11H18N4O3. The van der Waals surface area contributed by atoms with Crippen molar-refractivity contribution in [1.29, 1.82) is 0 Å². The summed E-state index contributed by atoms with van der Waals surface area (Å²) in [5.74, 6) is 0.468. The van der Waals surface area contributed by atoms with Crippen molar-refractivity contribution in [2.75, 3.05) is 18.5 Å². The van der Waals surface area contributed by atoms with Crippen molar-refractivity contribution >= 4 is 11.5 Å². The molecule has 0 amide bonds. The van der Waals surface area contributed by atoms with E-state index in [1.54, 1.807) is 14.0 Å². The van der Waals surface area contributed by atoms with Crippen LogP contribution in [0.2, 0.25) is 0 Å². The molecule has 2 rings (SSSR count). The maximum absolute atomic E-state index is 11.0. The molecule has 1 atom stereocenters. The second-order valence-electron chi connectivity index (χ2n) is 4.51. The monoisotopic (exact) mass is 254 g/mol. The van der Waals surface area contributed by atoms with Crippen LogP contribution in [0.3, 0.4) is 0 Å². The lowest BCUT2D eigenvalue weighted by Crippen LogP contribution is -2.14. The van der Waals surface area contributed by atoms with Gasteiger partial charge in [-0.2, -0.15) is 5.10 Å². The molecule has 2 heterocycles. The Labute approximate surface area is 105 Å². The average molecular weight is 254 g/mol. The van der Waals surface area contributed by atoms with Gasteiger partial charge in [0.25, 0.3) is 0 Å². The summed E-state index contributed by atoms with van der Waals surface area (Å²) in [5.41, 5.74) is 0.493. The maximum Gasteiger partial charge on any atom is 0.333 e. The number of anilines is 1. The Morgan fingerprint density at radius 1 is 1.67 bits per heavy atom. The van der Waals surface area contributed by atoms with Crippen molar-refractivity contribution in [3.63, 3.8) is 0 Å². The molecule has 1 aliphatic rings. The number of hydrogen-bond donors (Lipinski definition) is 1. The number of nitro groups is 1. The molecule has 7 heteroatoms. The fraction of sp³-hybridized carbons (Fsp3) is 0.727. The van der Waals surface area contributed by atoms with Crippen LogP contribution in [0, 0.1) is 17.0 Å². The zero-order valence-electron chi connectivity index (χ0n) is 10.7. The second kappa shape index (κ2) is 5.34. The first-order chi connectivity index (χ1) is 8.59. The summed E-state index contributed by atoms with van der Waals surface area (Å²) in [4.78, 5) is 10.6. The normalized spacial score (nSPS) is 19.1. The Balaban J connectivity index is 1.97. The van der Waals surface area contributed by atoms with E-state index in [1.807, 2.05) is 0 Å². The highest BCUT2D eigenvalue weighted by molar-refractivity contribution is 5.59. The topological polar surface area (TPSA) is 82.2 Å². The summed E-state index contributed by atoms with van der Waals surface area (Å²) >= 11 is 0. The third-order valence-corrected chi connectivity index (χ3v) is 3.16. The van der Waals surface area contributed by atoms with E-state index in [0.717, 1.165) is 25.9 Å². The number of rotatable bonds is 5. The van der Waals surface area contributed by atoms with Crippen LogP contribution in [-0.2, 0) is 11.8 Å². The predicted octanol–water partition coefficient (Wildman–Crippen LogP) is 1.62. The zero-order chi connectivity index (χ0) is 13.1. The van der Waals surface area contributed by atoms with E-state index in [0.29, 0.717) is 18.1 Å². The SMILES string of the molecule is Cc1nn(C)c(NCCC2CCCO2)c1[N+](=O)[O-]. The molecule has 0 saturated carbocycles. The van der Waals surface area contributed by atoms with Crippen molar-refractivity contribution in [3.8, 4) is 0 Å². The van der Waals surface area contributed by atoms with Gasteiger partial charge in [-0.15, -0.1) is 0 Å². The van der Waals surface area contributed by atoms with Crippen LogP contribution in [0.1, 0.15) is 25.0 Å². The van der Waals surface area contributed by atoms with E-state index in [4.69, 9.17) is 4.74 Å². The van der Waals surface area contributed by atoms with Gasteiger partial charge in [0, 0.05) is 20.2 Å². The molecule has 0 aromatic carbocycles. The summed E-state index contributed by atoms with van der Waals surface area (Å²) in [6, 6.07) is 0. The van der Waals surface area contributed by atoms with E-state index in [9.17, 15) is 10.1 Å². The largest absolute Gasteiger partial charge is 0.378 e. The van der Waals surface area contributed by atoms with Crippen LogP contribution < -0.4 is 5.32 Å². The van der Waals surface area contributed by atoms with E-state index >= 15 is 0 Å². The molecule has 100 valence electrons. The Morgan fingerprint density at radius 3 is 3.06 bits per heavy atom. The highest BCUT2D eigenvalue weighted by atomic mass is 16.6. The van der Waals surface area contributed by atoms with Gasteiger partial charge >= 0.3 is 5.69 Å². The van der Waals surface area contributed by atoms with Gasteiger partial charge < -0.3 is 10.1 Å². The number of nitrogens with zero attached hydrogens (tertiary/aromatic N) is 3.